The maximum absolute atomic E-state index is 14.8. The van der Waals surface area contributed by atoms with Crippen LogP contribution in [0.2, 0.25) is 0 Å². The van der Waals surface area contributed by atoms with Gasteiger partial charge in [-0.05, 0) is 29.8 Å². The summed E-state index contributed by atoms with van der Waals surface area (Å²) in [4.78, 5) is 39.0. The first-order chi connectivity index (χ1) is 18.0. The average Bonchev–Trinajstić information content (AvgIpc) is 3.66. The number of fused-ring (bicyclic) bond motifs is 1. The van der Waals surface area contributed by atoms with Crippen LogP contribution in [0.5, 0.6) is 0 Å². The maximum Gasteiger partial charge on any atom is 0.259 e. The zero-order chi connectivity index (χ0) is 25.5. The molecule has 2 aromatic carbocycles. The van der Waals surface area contributed by atoms with Gasteiger partial charge < -0.3 is 15.5 Å². The molecule has 0 bridgehead atoms. The Morgan fingerprint density at radius 2 is 1.57 bits per heavy atom. The van der Waals surface area contributed by atoms with Gasteiger partial charge in [0.2, 0.25) is 11.9 Å². The van der Waals surface area contributed by atoms with Gasteiger partial charge in [-0.15, -0.1) is 0 Å². The second kappa shape index (κ2) is 9.08. The molecule has 2 N–H and O–H groups in total. The Morgan fingerprint density at radius 1 is 0.892 bits per heavy atom. The van der Waals surface area contributed by atoms with Crippen molar-refractivity contribution in [2.24, 2.45) is 17.6 Å². The fourth-order valence-corrected chi connectivity index (χ4v) is 5.20. The van der Waals surface area contributed by atoms with E-state index in [9.17, 15) is 14.0 Å². The number of primary amides is 1. The third-order valence-corrected chi connectivity index (χ3v) is 7.01. The number of rotatable bonds is 5. The molecular weight excluding hydrogens is 475 g/mol. The van der Waals surface area contributed by atoms with Crippen molar-refractivity contribution in [3.8, 4) is 16.8 Å². The molecule has 2 unspecified atom stereocenters. The summed E-state index contributed by atoms with van der Waals surface area (Å²) < 4.78 is 14.8. The van der Waals surface area contributed by atoms with Gasteiger partial charge in [-0.3, -0.25) is 9.59 Å². The van der Waals surface area contributed by atoms with Gasteiger partial charge >= 0.3 is 0 Å². The van der Waals surface area contributed by atoms with Crippen LogP contribution in [0.1, 0.15) is 20.7 Å². The second-order valence-corrected chi connectivity index (χ2v) is 9.30. The van der Waals surface area contributed by atoms with E-state index in [2.05, 4.69) is 25.1 Å². The van der Waals surface area contributed by atoms with Crippen LogP contribution in [0.3, 0.4) is 0 Å². The first-order valence-electron chi connectivity index (χ1n) is 11.9. The molecule has 0 radical (unpaired) electrons. The number of aromatic nitrogens is 5. The Morgan fingerprint density at radius 3 is 2.24 bits per heavy atom. The van der Waals surface area contributed by atoms with Crippen LogP contribution in [0.25, 0.3) is 16.8 Å². The van der Waals surface area contributed by atoms with E-state index in [1.807, 2.05) is 6.07 Å². The van der Waals surface area contributed by atoms with Gasteiger partial charge in [-0.2, -0.15) is 15.0 Å². The third kappa shape index (κ3) is 4.18. The molecule has 2 aliphatic heterocycles. The zero-order valence-corrected chi connectivity index (χ0v) is 19.7. The fourth-order valence-electron chi connectivity index (χ4n) is 5.20. The Labute approximate surface area is 211 Å². The molecular formula is C26H23FN8O2. The highest BCUT2D eigenvalue weighted by molar-refractivity contribution is 5.98. The third-order valence-electron chi connectivity index (χ3n) is 7.01. The van der Waals surface area contributed by atoms with Crippen LogP contribution in [-0.4, -0.2) is 67.9 Å². The number of carbonyl (C=O) groups is 2. The topological polar surface area (TPSA) is 123 Å². The number of halogens is 1. The Bertz CT molecular complexity index is 1460. The maximum atomic E-state index is 14.8. The number of hydrogen-bond acceptors (Lipinski definition) is 7. The van der Waals surface area contributed by atoms with E-state index < -0.39 is 11.7 Å². The number of nitrogens with zero attached hydrogens (tertiary/aromatic N) is 7. The molecule has 2 aromatic heterocycles. The quantitative estimate of drug-likeness (QED) is 0.447. The Balaban J connectivity index is 1.14. The highest BCUT2D eigenvalue weighted by atomic mass is 19.1. The predicted octanol–water partition coefficient (Wildman–Crippen LogP) is 2.17. The van der Waals surface area contributed by atoms with Crippen molar-refractivity contribution in [3.63, 3.8) is 0 Å². The van der Waals surface area contributed by atoms with Gasteiger partial charge in [-0.1, -0.05) is 18.2 Å². The molecule has 4 aromatic rings. The minimum Gasteiger partial charge on any atom is -0.366 e. The van der Waals surface area contributed by atoms with Crippen LogP contribution in [-0.2, 0) is 0 Å². The first kappa shape index (κ1) is 22.8. The molecule has 2 aliphatic rings. The number of hydrogen-bond donors (Lipinski definition) is 1. The van der Waals surface area contributed by atoms with E-state index in [0.717, 1.165) is 11.1 Å². The predicted molar refractivity (Wildman–Crippen MR) is 132 cm³/mol. The SMILES string of the molecule is NC(=O)c1cccc(-c2cnc(N3CC4CN(C(=O)c5c(F)cccc5-n5nccn5)CC4C3)nc2)c1. The molecule has 0 saturated carbocycles. The molecule has 186 valence electrons. The number of benzene rings is 2. The average molecular weight is 499 g/mol. The van der Waals surface area contributed by atoms with Crippen molar-refractivity contribution in [3.05, 3.63) is 84.2 Å². The summed E-state index contributed by atoms with van der Waals surface area (Å²) in [6.45, 7) is 2.46. The van der Waals surface area contributed by atoms with Crippen molar-refractivity contribution in [2.45, 2.75) is 0 Å². The molecule has 2 fully saturated rings. The molecule has 0 spiro atoms. The fraction of sp³-hybridized carbons (Fsp3) is 0.231. The molecule has 0 aliphatic carbocycles. The minimum atomic E-state index is -0.589. The Hall–Kier alpha value is -4.67. The van der Waals surface area contributed by atoms with Crippen molar-refractivity contribution in [1.82, 2.24) is 29.9 Å². The van der Waals surface area contributed by atoms with Crippen molar-refractivity contribution < 1.29 is 14.0 Å². The number of anilines is 1. The lowest BCUT2D eigenvalue weighted by atomic mass is 10.0. The van der Waals surface area contributed by atoms with Crippen LogP contribution in [0.15, 0.2) is 67.3 Å². The summed E-state index contributed by atoms with van der Waals surface area (Å²) in [6.07, 6.45) is 6.44. The lowest BCUT2D eigenvalue weighted by molar-refractivity contribution is 0.0777. The Kier molecular flexibility index (Phi) is 5.59. The summed E-state index contributed by atoms with van der Waals surface area (Å²) in [7, 11) is 0. The van der Waals surface area contributed by atoms with Crippen LogP contribution in [0.4, 0.5) is 10.3 Å². The van der Waals surface area contributed by atoms with Crippen molar-refractivity contribution in [1.29, 1.82) is 0 Å². The molecule has 10 nitrogen and oxygen atoms in total. The van der Waals surface area contributed by atoms with Gasteiger partial charge in [0.1, 0.15) is 17.1 Å². The summed E-state index contributed by atoms with van der Waals surface area (Å²) >= 11 is 0. The number of likely N-dealkylation sites (tertiary alicyclic amines) is 1. The van der Waals surface area contributed by atoms with Gasteiger partial charge in [0.25, 0.3) is 5.91 Å². The highest BCUT2D eigenvalue weighted by Gasteiger charge is 2.43. The van der Waals surface area contributed by atoms with Crippen molar-refractivity contribution >= 4 is 17.8 Å². The molecule has 11 heteroatoms. The summed E-state index contributed by atoms with van der Waals surface area (Å²) in [5.41, 5.74) is 7.72. The van der Waals surface area contributed by atoms with E-state index in [0.29, 0.717) is 43.4 Å². The van der Waals surface area contributed by atoms with E-state index in [1.54, 1.807) is 47.6 Å². The smallest absolute Gasteiger partial charge is 0.259 e. The van der Waals surface area contributed by atoms with E-state index in [1.165, 1.54) is 23.3 Å². The largest absolute Gasteiger partial charge is 0.366 e. The molecule has 6 rings (SSSR count). The van der Waals surface area contributed by atoms with E-state index in [4.69, 9.17) is 5.73 Å². The number of carbonyl (C=O) groups excluding carboxylic acids is 2. The lowest BCUT2D eigenvalue weighted by Gasteiger charge is -2.22. The molecule has 37 heavy (non-hydrogen) atoms. The van der Waals surface area contributed by atoms with Crippen molar-refractivity contribution in [2.75, 3.05) is 31.1 Å². The summed E-state index contributed by atoms with van der Waals surface area (Å²) in [5, 5.41) is 8.12. The minimum absolute atomic E-state index is 0.0187. The van der Waals surface area contributed by atoms with E-state index in [-0.39, 0.29) is 23.3 Å². The molecule has 4 heterocycles. The summed E-state index contributed by atoms with van der Waals surface area (Å²) in [6, 6.07) is 11.5. The van der Waals surface area contributed by atoms with Gasteiger partial charge in [-0.25, -0.2) is 14.4 Å². The lowest BCUT2D eigenvalue weighted by Crippen LogP contribution is -2.34. The zero-order valence-electron chi connectivity index (χ0n) is 19.7. The highest BCUT2D eigenvalue weighted by Crippen LogP contribution is 2.34. The van der Waals surface area contributed by atoms with Gasteiger partial charge in [0.15, 0.2) is 0 Å². The first-order valence-corrected chi connectivity index (χ1v) is 11.9. The molecule has 2 atom stereocenters. The van der Waals surface area contributed by atoms with Crippen LogP contribution < -0.4 is 10.6 Å². The normalized spacial score (nSPS) is 18.7. The van der Waals surface area contributed by atoms with Gasteiger partial charge in [0.05, 0.1) is 12.4 Å². The summed E-state index contributed by atoms with van der Waals surface area (Å²) in [5.74, 6) is -0.350. The second-order valence-electron chi connectivity index (χ2n) is 9.30. The van der Waals surface area contributed by atoms with Crippen LogP contribution in [0, 0.1) is 17.7 Å². The van der Waals surface area contributed by atoms with E-state index >= 15 is 0 Å². The standard InChI is InChI=1S/C26H23FN8O2/c27-21-5-2-6-22(35-31-7-8-32-35)23(21)25(37)33-12-19-14-34(15-20(19)13-33)26-29-10-18(11-30-26)16-3-1-4-17(9-16)24(28)36/h1-11,19-20H,12-15H2,(H2,28,36). The molecule has 2 amide bonds. The molecule has 2 saturated heterocycles. The van der Waals surface area contributed by atoms with Gasteiger partial charge in [0, 0.05) is 61.5 Å². The monoisotopic (exact) mass is 498 g/mol. The number of nitrogens with two attached hydrogens (primary N) is 1. The number of amides is 2. The van der Waals surface area contributed by atoms with Crippen LogP contribution >= 0.6 is 0 Å².